The molecule has 0 aliphatic heterocycles. The second-order valence-corrected chi connectivity index (χ2v) is 3.75. The molecule has 0 aliphatic rings. The third kappa shape index (κ3) is 2.05. The molecule has 0 saturated heterocycles. The van der Waals surface area contributed by atoms with Crippen LogP contribution in [0.15, 0.2) is 42.5 Å². The van der Waals surface area contributed by atoms with Crippen molar-refractivity contribution < 1.29 is 4.39 Å². The molecule has 2 aromatic carbocycles. The van der Waals surface area contributed by atoms with Crippen LogP contribution in [0, 0.1) is 17.1 Å². The van der Waals surface area contributed by atoms with E-state index >= 15 is 0 Å². The van der Waals surface area contributed by atoms with Gasteiger partial charge in [0.15, 0.2) is 0 Å². The lowest BCUT2D eigenvalue weighted by Gasteiger charge is -2.04. The molecule has 0 amide bonds. The minimum atomic E-state index is -0.360. The van der Waals surface area contributed by atoms with Crippen molar-refractivity contribution in [1.82, 2.24) is 0 Å². The monoisotopic (exact) mass is 231 g/mol. The van der Waals surface area contributed by atoms with Crippen LogP contribution in [0.2, 0.25) is 5.02 Å². The van der Waals surface area contributed by atoms with E-state index in [-0.39, 0.29) is 5.82 Å². The van der Waals surface area contributed by atoms with Crippen LogP contribution in [0.3, 0.4) is 0 Å². The van der Waals surface area contributed by atoms with Crippen molar-refractivity contribution in [2.75, 3.05) is 0 Å². The van der Waals surface area contributed by atoms with E-state index in [4.69, 9.17) is 16.9 Å². The second kappa shape index (κ2) is 4.34. The van der Waals surface area contributed by atoms with Crippen LogP contribution in [0.1, 0.15) is 5.56 Å². The maximum absolute atomic E-state index is 13.6. The molecule has 0 N–H and O–H groups in total. The number of hydrogen-bond acceptors (Lipinski definition) is 1. The summed E-state index contributed by atoms with van der Waals surface area (Å²) < 4.78 is 13.6. The summed E-state index contributed by atoms with van der Waals surface area (Å²) in [6.07, 6.45) is 0. The average Bonchev–Trinajstić information content (AvgIpc) is 2.30. The van der Waals surface area contributed by atoms with Crippen molar-refractivity contribution in [3.05, 3.63) is 58.9 Å². The average molecular weight is 232 g/mol. The highest BCUT2D eigenvalue weighted by atomic mass is 35.5. The van der Waals surface area contributed by atoms with Crippen molar-refractivity contribution >= 4 is 11.6 Å². The largest absolute Gasteiger partial charge is 0.206 e. The van der Waals surface area contributed by atoms with E-state index < -0.39 is 0 Å². The van der Waals surface area contributed by atoms with Crippen LogP contribution in [-0.2, 0) is 0 Å². The van der Waals surface area contributed by atoms with Crippen molar-refractivity contribution in [2.45, 2.75) is 0 Å². The molecular formula is C13H7ClFN. The molecule has 16 heavy (non-hydrogen) atoms. The quantitative estimate of drug-likeness (QED) is 0.727. The predicted molar refractivity (Wildman–Crippen MR) is 61.6 cm³/mol. The van der Waals surface area contributed by atoms with Gasteiger partial charge in [0.1, 0.15) is 5.82 Å². The Labute approximate surface area is 97.7 Å². The molecule has 0 heterocycles. The van der Waals surface area contributed by atoms with Gasteiger partial charge in [0.2, 0.25) is 0 Å². The minimum Gasteiger partial charge on any atom is -0.206 e. The third-order valence-corrected chi connectivity index (χ3v) is 2.47. The Bertz CT molecular complexity index is 572. The number of nitriles is 1. The first-order chi connectivity index (χ1) is 7.70. The fraction of sp³-hybridized carbons (Fsp3) is 0. The summed E-state index contributed by atoms with van der Waals surface area (Å²) >= 11 is 5.83. The van der Waals surface area contributed by atoms with Crippen LogP contribution in [0.25, 0.3) is 11.1 Å². The summed E-state index contributed by atoms with van der Waals surface area (Å²) in [5.41, 5.74) is 1.49. The maximum Gasteiger partial charge on any atom is 0.131 e. The lowest BCUT2D eigenvalue weighted by Crippen LogP contribution is -1.86. The van der Waals surface area contributed by atoms with Gasteiger partial charge in [-0.2, -0.15) is 5.26 Å². The van der Waals surface area contributed by atoms with Crippen molar-refractivity contribution in [3.63, 3.8) is 0 Å². The summed E-state index contributed by atoms with van der Waals surface area (Å²) in [6.45, 7) is 0. The molecule has 0 fully saturated rings. The molecule has 0 bridgehead atoms. The normalized spacial score (nSPS) is 9.81. The molecule has 78 valence electrons. The molecular weight excluding hydrogens is 225 g/mol. The molecule has 3 heteroatoms. The zero-order valence-corrected chi connectivity index (χ0v) is 9.00. The molecule has 2 rings (SSSR count). The van der Waals surface area contributed by atoms with Crippen molar-refractivity contribution in [2.24, 2.45) is 0 Å². The zero-order valence-electron chi connectivity index (χ0n) is 8.24. The second-order valence-electron chi connectivity index (χ2n) is 3.32. The molecule has 0 aromatic heterocycles. The molecule has 0 radical (unpaired) electrons. The van der Waals surface area contributed by atoms with Gasteiger partial charge >= 0.3 is 0 Å². The first kappa shape index (κ1) is 10.7. The van der Waals surface area contributed by atoms with Crippen molar-refractivity contribution in [1.29, 1.82) is 5.26 Å². The Morgan fingerprint density at radius 2 is 1.94 bits per heavy atom. The minimum absolute atomic E-state index is 0.360. The number of hydrogen-bond donors (Lipinski definition) is 0. The Hall–Kier alpha value is -1.85. The summed E-state index contributed by atoms with van der Waals surface area (Å²) in [5.74, 6) is -0.360. The Morgan fingerprint density at radius 3 is 2.62 bits per heavy atom. The molecule has 0 saturated carbocycles. The van der Waals surface area contributed by atoms with Gasteiger partial charge < -0.3 is 0 Å². The standard InChI is InChI=1S/C13H7ClFN/c14-11-3-1-2-10(7-11)12-6-9(8-16)4-5-13(12)15/h1-7H. The lowest BCUT2D eigenvalue weighted by molar-refractivity contribution is 0.631. The van der Waals surface area contributed by atoms with Gasteiger partial charge in [-0.05, 0) is 35.9 Å². The van der Waals surface area contributed by atoms with E-state index in [0.717, 1.165) is 0 Å². The van der Waals surface area contributed by atoms with Gasteiger partial charge in [-0.1, -0.05) is 23.7 Å². The number of benzene rings is 2. The van der Waals surface area contributed by atoms with E-state index in [2.05, 4.69) is 0 Å². The Kier molecular flexibility index (Phi) is 2.89. The van der Waals surface area contributed by atoms with Gasteiger partial charge in [-0.3, -0.25) is 0 Å². The zero-order chi connectivity index (χ0) is 11.5. The predicted octanol–water partition coefficient (Wildman–Crippen LogP) is 4.02. The molecule has 1 nitrogen and oxygen atoms in total. The van der Waals surface area contributed by atoms with Crippen LogP contribution in [-0.4, -0.2) is 0 Å². The Balaban J connectivity index is 2.60. The summed E-state index contributed by atoms with van der Waals surface area (Å²) in [4.78, 5) is 0. The first-order valence-corrected chi connectivity index (χ1v) is 5.04. The summed E-state index contributed by atoms with van der Waals surface area (Å²) in [7, 11) is 0. The van der Waals surface area contributed by atoms with E-state index in [0.29, 0.717) is 21.7 Å². The van der Waals surface area contributed by atoms with E-state index in [1.165, 1.54) is 18.2 Å². The molecule has 0 atom stereocenters. The van der Waals surface area contributed by atoms with Gasteiger partial charge in [-0.15, -0.1) is 0 Å². The van der Waals surface area contributed by atoms with E-state index in [9.17, 15) is 4.39 Å². The van der Waals surface area contributed by atoms with Gasteiger partial charge in [0.25, 0.3) is 0 Å². The van der Waals surface area contributed by atoms with Crippen LogP contribution >= 0.6 is 11.6 Å². The highest BCUT2D eigenvalue weighted by Gasteiger charge is 2.06. The van der Waals surface area contributed by atoms with E-state index in [1.54, 1.807) is 24.3 Å². The van der Waals surface area contributed by atoms with Crippen molar-refractivity contribution in [3.8, 4) is 17.2 Å². The van der Waals surface area contributed by atoms with Crippen LogP contribution in [0.4, 0.5) is 4.39 Å². The number of halogens is 2. The Morgan fingerprint density at radius 1 is 1.12 bits per heavy atom. The van der Waals surface area contributed by atoms with Gasteiger partial charge in [0, 0.05) is 10.6 Å². The SMILES string of the molecule is N#Cc1ccc(F)c(-c2cccc(Cl)c2)c1. The first-order valence-electron chi connectivity index (χ1n) is 4.66. The number of nitrogens with zero attached hydrogens (tertiary/aromatic N) is 1. The topological polar surface area (TPSA) is 23.8 Å². The molecule has 0 spiro atoms. The highest BCUT2D eigenvalue weighted by molar-refractivity contribution is 6.30. The van der Waals surface area contributed by atoms with Gasteiger partial charge in [0.05, 0.1) is 11.6 Å². The van der Waals surface area contributed by atoms with Crippen LogP contribution in [0.5, 0.6) is 0 Å². The summed E-state index contributed by atoms with van der Waals surface area (Å²) in [5, 5.41) is 9.30. The molecule has 0 aliphatic carbocycles. The maximum atomic E-state index is 13.6. The molecule has 2 aromatic rings. The van der Waals surface area contributed by atoms with E-state index in [1.807, 2.05) is 6.07 Å². The summed E-state index contributed by atoms with van der Waals surface area (Å²) in [6, 6.07) is 13.1. The highest BCUT2D eigenvalue weighted by Crippen LogP contribution is 2.26. The fourth-order valence-corrected chi connectivity index (χ4v) is 1.66. The smallest absolute Gasteiger partial charge is 0.131 e. The van der Waals surface area contributed by atoms with Crippen LogP contribution < -0.4 is 0 Å². The molecule has 0 unspecified atom stereocenters. The lowest BCUT2D eigenvalue weighted by atomic mass is 10.0. The third-order valence-electron chi connectivity index (χ3n) is 2.23. The fourth-order valence-electron chi connectivity index (χ4n) is 1.47. The number of rotatable bonds is 1. The van der Waals surface area contributed by atoms with Gasteiger partial charge in [-0.25, -0.2) is 4.39 Å².